The molecule has 2 aromatic rings. The number of amides is 1. The van der Waals surface area contributed by atoms with Crippen LogP contribution in [0.1, 0.15) is 18.1 Å². The number of rotatable bonds is 7. The van der Waals surface area contributed by atoms with Crippen LogP contribution in [0.15, 0.2) is 42.5 Å². The molecule has 142 valence electrons. The molecule has 0 radical (unpaired) electrons. The summed E-state index contributed by atoms with van der Waals surface area (Å²) in [5, 5.41) is 2.75. The summed E-state index contributed by atoms with van der Waals surface area (Å²) in [6, 6.07) is 12.5. The van der Waals surface area contributed by atoms with Crippen molar-refractivity contribution in [2.45, 2.75) is 26.0 Å². The number of methoxy groups -OCH3 is 1. The highest BCUT2D eigenvalue weighted by atomic mass is 16.7. The Morgan fingerprint density at radius 2 is 1.78 bits per heavy atom. The molecule has 3 rings (SSSR count). The van der Waals surface area contributed by atoms with Gasteiger partial charge in [0.25, 0.3) is 5.91 Å². The lowest BCUT2D eigenvalue weighted by Crippen LogP contribution is -2.35. The van der Waals surface area contributed by atoms with Gasteiger partial charge in [0.15, 0.2) is 17.6 Å². The first-order valence-corrected chi connectivity index (χ1v) is 8.54. The molecule has 7 heteroatoms. The summed E-state index contributed by atoms with van der Waals surface area (Å²) in [4.78, 5) is 24.2. The van der Waals surface area contributed by atoms with Gasteiger partial charge in [0, 0.05) is 6.54 Å². The topological polar surface area (TPSA) is 83.1 Å². The Morgan fingerprint density at radius 1 is 1.07 bits per heavy atom. The Labute approximate surface area is 157 Å². The average molecular weight is 371 g/mol. The van der Waals surface area contributed by atoms with Crippen LogP contribution < -0.4 is 19.5 Å². The third-order valence-electron chi connectivity index (χ3n) is 4.09. The summed E-state index contributed by atoms with van der Waals surface area (Å²) in [5.74, 6) is 1.22. The van der Waals surface area contributed by atoms with Crippen LogP contribution in [0.4, 0.5) is 0 Å². The van der Waals surface area contributed by atoms with Crippen molar-refractivity contribution in [3.05, 3.63) is 53.6 Å². The maximum absolute atomic E-state index is 12.2. The average Bonchev–Trinajstić information content (AvgIpc) is 3.14. The molecule has 1 atom stereocenters. The number of hydrogen-bond donors (Lipinski definition) is 1. The Balaban J connectivity index is 1.46. The molecule has 0 fully saturated rings. The standard InChI is InChI=1S/C20H21NO6/c1-13(27-19(22)10-14-3-6-16(24-2)7-4-14)20(23)21-11-15-5-8-17-18(9-15)26-12-25-17/h3-9,13H,10-12H2,1-2H3,(H,21,23)/t13-/m0/s1. The third kappa shape index (κ3) is 4.91. The van der Waals surface area contributed by atoms with Crippen LogP contribution in [0, 0.1) is 0 Å². The van der Waals surface area contributed by atoms with Crippen molar-refractivity contribution in [1.29, 1.82) is 0 Å². The van der Waals surface area contributed by atoms with E-state index in [0.29, 0.717) is 23.8 Å². The fourth-order valence-corrected chi connectivity index (χ4v) is 2.59. The number of carbonyl (C=O) groups excluding carboxylic acids is 2. The van der Waals surface area contributed by atoms with Gasteiger partial charge in [-0.25, -0.2) is 0 Å². The molecule has 0 unspecified atom stereocenters. The number of carbonyl (C=O) groups is 2. The number of hydrogen-bond acceptors (Lipinski definition) is 6. The highest BCUT2D eigenvalue weighted by Gasteiger charge is 2.18. The lowest BCUT2D eigenvalue weighted by Gasteiger charge is -2.14. The first-order valence-electron chi connectivity index (χ1n) is 8.54. The fraction of sp³-hybridized carbons (Fsp3) is 0.300. The van der Waals surface area contributed by atoms with E-state index in [4.69, 9.17) is 18.9 Å². The molecule has 2 aromatic carbocycles. The van der Waals surface area contributed by atoms with Crippen LogP contribution in [0.2, 0.25) is 0 Å². The summed E-state index contributed by atoms with van der Waals surface area (Å²) in [6.45, 7) is 2.04. The second kappa shape index (κ2) is 8.44. The third-order valence-corrected chi connectivity index (χ3v) is 4.09. The van der Waals surface area contributed by atoms with Crippen LogP contribution in [0.5, 0.6) is 17.2 Å². The van der Waals surface area contributed by atoms with Crippen LogP contribution in [-0.2, 0) is 27.3 Å². The van der Waals surface area contributed by atoms with Crippen LogP contribution >= 0.6 is 0 Å². The van der Waals surface area contributed by atoms with Gasteiger partial charge in [0.1, 0.15) is 5.75 Å². The summed E-state index contributed by atoms with van der Waals surface area (Å²) in [5.41, 5.74) is 1.65. The molecule has 1 N–H and O–H groups in total. The Bertz CT molecular complexity index is 818. The van der Waals surface area contributed by atoms with E-state index in [9.17, 15) is 9.59 Å². The molecule has 1 heterocycles. The lowest BCUT2D eigenvalue weighted by molar-refractivity contribution is -0.154. The van der Waals surface area contributed by atoms with Crippen molar-refractivity contribution in [3.8, 4) is 17.2 Å². The smallest absolute Gasteiger partial charge is 0.311 e. The normalized spacial score (nSPS) is 13.0. The van der Waals surface area contributed by atoms with Crippen LogP contribution in [0.3, 0.4) is 0 Å². The predicted octanol–water partition coefficient (Wildman–Crippen LogP) is 2.21. The maximum Gasteiger partial charge on any atom is 0.311 e. The minimum Gasteiger partial charge on any atom is -0.497 e. The van der Waals surface area contributed by atoms with Gasteiger partial charge in [-0.15, -0.1) is 0 Å². The molecule has 0 aromatic heterocycles. The van der Waals surface area contributed by atoms with E-state index in [1.807, 2.05) is 12.1 Å². The second-order valence-corrected chi connectivity index (χ2v) is 6.06. The van der Waals surface area contributed by atoms with Gasteiger partial charge >= 0.3 is 5.97 Å². The quantitative estimate of drug-likeness (QED) is 0.752. The van der Waals surface area contributed by atoms with Crippen molar-refractivity contribution in [3.63, 3.8) is 0 Å². The number of ether oxygens (including phenoxy) is 4. The van der Waals surface area contributed by atoms with E-state index in [-0.39, 0.29) is 19.1 Å². The Kier molecular flexibility index (Phi) is 5.80. The van der Waals surface area contributed by atoms with Gasteiger partial charge in [0.05, 0.1) is 13.5 Å². The van der Waals surface area contributed by atoms with Gasteiger partial charge in [-0.3, -0.25) is 9.59 Å². The monoisotopic (exact) mass is 371 g/mol. The lowest BCUT2D eigenvalue weighted by atomic mass is 10.1. The number of esters is 1. The van der Waals surface area contributed by atoms with E-state index in [1.54, 1.807) is 44.4 Å². The molecule has 0 spiro atoms. The molecule has 1 aliphatic heterocycles. The zero-order chi connectivity index (χ0) is 19.2. The van der Waals surface area contributed by atoms with Crippen molar-refractivity contribution in [1.82, 2.24) is 5.32 Å². The molecule has 27 heavy (non-hydrogen) atoms. The number of nitrogens with one attached hydrogen (secondary N) is 1. The van der Waals surface area contributed by atoms with E-state index >= 15 is 0 Å². The summed E-state index contributed by atoms with van der Waals surface area (Å²) >= 11 is 0. The zero-order valence-corrected chi connectivity index (χ0v) is 15.2. The van der Waals surface area contributed by atoms with Crippen molar-refractivity contribution >= 4 is 11.9 Å². The molecule has 7 nitrogen and oxygen atoms in total. The molecule has 1 aliphatic rings. The summed E-state index contributed by atoms with van der Waals surface area (Å²) < 4.78 is 20.8. The first kappa shape index (κ1) is 18.6. The molecule has 0 bridgehead atoms. The maximum atomic E-state index is 12.2. The van der Waals surface area contributed by atoms with Gasteiger partial charge < -0.3 is 24.3 Å². The fourth-order valence-electron chi connectivity index (χ4n) is 2.59. The van der Waals surface area contributed by atoms with Gasteiger partial charge in [-0.2, -0.15) is 0 Å². The molecule has 0 aliphatic carbocycles. The Hall–Kier alpha value is -3.22. The van der Waals surface area contributed by atoms with Crippen LogP contribution in [0.25, 0.3) is 0 Å². The van der Waals surface area contributed by atoms with E-state index in [2.05, 4.69) is 5.32 Å². The number of fused-ring (bicyclic) bond motifs is 1. The molecular formula is C20H21NO6. The minimum atomic E-state index is -0.884. The highest BCUT2D eigenvalue weighted by Crippen LogP contribution is 2.32. The van der Waals surface area contributed by atoms with E-state index in [0.717, 1.165) is 11.1 Å². The van der Waals surface area contributed by atoms with Crippen LogP contribution in [-0.4, -0.2) is 31.9 Å². The summed E-state index contributed by atoms with van der Waals surface area (Å²) in [6.07, 6.45) is -0.797. The molecule has 0 saturated carbocycles. The molecule has 0 saturated heterocycles. The zero-order valence-electron chi connectivity index (χ0n) is 15.2. The van der Waals surface area contributed by atoms with Gasteiger partial charge in [-0.05, 0) is 42.3 Å². The first-order chi connectivity index (χ1) is 13.0. The van der Waals surface area contributed by atoms with Crippen molar-refractivity contribution < 1.29 is 28.5 Å². The van der Waals surface area contributed by atoms with Gasteiger partial charge in [-0.1, -0.05) is 18.2 Å². The van der Waals surface area contributed by atoms with E-state index < -0.39 is 12.1 Å². The predicted molar refractivity (Wildman–Crippen MR) is 96.7 cm³/mol. The van der Waals surface area contributed by atoms with Crippen molar-refractivity contribution in [2.75, 3.05) is 13.9 Å². The molecule has 1 amide bonds. The number of benzene rings is 2. The molecular weight excluding hydrogens is 350 g/mol. The minimum absolute atomic E-state index is 0.0871. The van der Waals surface area contributed by atoms with Crippen molar-refractivity contribution in [2.24, 2.45) is 0 Å². The summed E-state index contributed by atoms with van der Waals surface area (Å²) in [7, 11) is 1.58. The van der Waals surface area contributed by atoms with Gasteiger partial charge in [0.2, 0.25) is 6.79 Å². The highest BCUT2D eigenvalue weighted by molar-refractivity contribution is 5.83. The Morgan fingerprint density at radius 3 is 2.52 bits per heavy atom. The largest absolute Gasteiger partial charge is 0.497 e. The second-order valence-electron chi connectivity index (χ2n) is 6.06. The van der Waals surface area contributed by atoms with E-state index in [1.165, 1.54) is 0 Å². The SMILES string of the molecule is COc1ccc(CC(=O)O[C@@H](C)C(=O)NCc2ccc3c(c2)OCO3)cc1.